The Hall–Kier alpha value is -3.19. The first-order chi connectivity index (χ1) is 14.1. The number of rotatable bonds is 6. The Bertz CT molecular complexity index is 1020. The summed E-state index contributed by atoms with van der Waals surface area (Å²) < 4.78 is 5.22. The van der Waals surface area contributed by atoms with Crippen LogP contribution in [0.15, 0.2) is 53.1 Å². The molecule has 2 amide bonds. The SMILES string of the molecule is O=C(CCc1nc(-c2ccc(Cl)cc2)no1)Nc1ccc(N2CCCC2=O)cc1. The topological polar surface area (TPSA) is 88.3 Å². The smallest absolute Gasteiger partial charge is 0.227 e. The van der Waals surface area contributed by atoms with Crippen molar-refractivity contribution in [3.8, 4) is 11.4 Å². The highest BCUT2D eigenvalue weighted by Gasteiger charge is 2.21. The lowest BCUT2D eigenvalue weighted by Crippen LogP contribution is -2.23. The molecule has 148 valence electrons. The van der Waals surface area contributed by atoms with E-state index in [1.54, 1.807) is 29.2 Å². The van der Waals surface area contributed by atoms with Crippen molar-refractivity contribution in [1.29, 1.82) is 0 Å². The first-order valence-electron chi connectivity index (χ1n) is 9.37. The van der Waals surface area contributed by atoms with E-state index in [0.29, 0.717) is 35.3 Å². The summed E-state index contributed by atoms with van der Waals surface area (Å²) in [6.45, 7) is 0.743. The number of benzene rings is 2. The molecule has 0 spiro atoms. The summed E-state index contributed by atoms with van der Waals surface area (Å²) >= 11 is 5.88. The van der Waals surface area contributed by atoms with Gasteiger partial charge in [-0.1, -0.05) is 16.8 Å². The van der Waals surface area contributed by atoms with E-state index < -0.39 is 0 Å². The lowest BCUT2D eigenvalue weighted by Gasteiger charge is -2.16. The summed E-state index contributed by atoms with van der Waals surface area (Å²) in [5, 5.41) is 7.41. The van der Waals surface area contributed by atoms with Gasteiger partial charge in [0.15, 0.2) is 0 Å². The van der Waals surface area contributed by atoms with Crippen molar-refractivity contribution in [3.05, 3.63) is 59.4 Å². The van der Waals surface area contributed by atoms with Crippen LogP contribution < -0.4 is 10.2 Å². The molecule has 0 atom stereocenters. The molecule has 0 saturated carbocycles. The second-order valence-electron chi connectivity index (χ2n) is 6.76. The highest BCUT2D eigenvalue weighted by atomic mass is 35.5. The molecule has 2 heterocycles. The van der Waals surface area contributed by atoms with Crippen molar-refractivity contribution in [2.24, 2.45) is 0 Å². The van der Waals surface area contributed by atoms with Crippen LogP contribution in [0.1, 0.15) is 25.2 Å². The molecule has 1 aliphatic heterocycles. The van der Waals surface area contributed by atoms with E-state index in [1.807, 2.05) is 24.3 Å². The minimum Gasteiger partial charge on any atom is -0.339 e. The van der Waals surface area contributed by atoms with Gasteiger partial charge in [0, 0.05) is 47.8 Å². The van der Waals surface area contributed by atoms with E-state index in [9.17, 15) is 9.59 Å². The molecule has 7 nitrogen and oxygen atoms in total. The zero-order valence-corrected chi connectivity index (χ0v) is 16.4. The molecule has 29 heavy (non-hydrogen) atoms. The first-order valence-corrected chi connectivity index (χ1v) is 9.75. The van der Waals surface area contributed by atoms with E-state index in [-0.39, 0.29) is 18.2 Å². The van der Waals surface area contributed by atoms with Crippen LogP contribution >= 0.6 is 11.6 Å². The van der Waals surface area contributed by atoms with Crippen LogP contribution in [0.5, 0.6) is 0 Å². The van der Waals surface area contributed by atoms with Crippen molar-refractivity contribution in [3.63, 3.8) is 0 Å². The van der Waals surface area contributed by atoms with Crippen LogP contribution in [0.3, 0.4) is 0 Å². The highest BCUT2D eigenvalue weighted by Crippen LogP contribution is 2.23. The quantitative estimate of drug-likeness (QED) is 0.661. The van der Waals surface area contributed by atoms with Gasteiger partial charge in [-0.2, -0.15) is 4.98 Å². The minimum absolute atomic E-state index is 0.138. The van der Waals surface area contributed by atoms with Gasteiger partial charge in [-0.15, -0.1) is 0 Å². The first kappa shape index (κ1) is 19.1. The Morgan fingerprint density at radius 2 is 1.90 bits per heavy atom. The zero-order chi connectivity index (χ0) is 20.2. The highest BCUT2D eigenvalue weighted by molar-refractivity contribution is 6.30. The van der Waals surface area contributed by atoms with E-state index in [1.165, 1.54) is 0 Å². The second-order valence-corrected chi connectivity index (χ2v) is 7.20. The molecular weight excluding hydrogens is 392 g/mol. The van der Waals surface area contributed by atoms with E-state index in [4.69, 9.17) is 16.1 Å². The van der Waals surface area contributed by atoms with Crippen LogP contribution in [0, 0.1) is 0 Å². The van der Waals surface area contributed by atoms with Crippen LogP contribution in [0.4, 0.5) is 11.4 Å². The molecule has 4 rings (SSSR count). The second kappa shape index (κ2) is 8.45. The number of aryl methyl sites for hydroxylation is 1. The molecule has 1 aromatic heterocycles. The number of hydrogen-bond donors (Lipinski definition) is 1. The monoisotopic (exact) mass is 410 g/mol. The number of nitrogens with one attached hydrogen (secondary N) is 1. The molecule has 3 aromatic rings. The van der Waals surface area contributed by atoms with Gasteiger partial charge < -0.3 is 14.7 Å². The molecule has 8 heteroatoms. The zero-order valence-electron chi connectivity index (χ0n) is 15.6. The predicted molar refractivity (Wildman–Crippen MR) is 110 cm³/mol. The summed E-state index contributed by atoms with van der Waals surface area (Å²) in [5.74, 6) is 0.845. The number of anilines is 2. The number of amides is 2. The van der Waals surface area contributed by atoms with Crippen LogP contribution in [0.25, 0.3) is 11.4 Å². The van der Waals surface area contributed by atoms with E-state index in [0.717, 1.165) is 24.2 Å². The van der Waals surface area contributed by atoms with Crippen molar-refractivity contribution in [1.82, 2.24) is 10.1 Å². The molecule has 1 saturated heterocycles. The Morgan fingerprint density at radius 3 is 2.59 bits per heavy atom. The van der Waals surface area contributed by atoms with E-state index >= 15 is 0 Å². The van der Waals surface area contributed by atoms with Crippen LogP contribution in [-0.4, -0.2) is 28.5 Å². The average Bonchev–Trinajstić information content (AvgIpc) is 3.37. The largest absolute Gasteiger partial charge is 0.339 e. The van der Waals surface area contributed by atoms with Crippen molar-refractivity contribution in [2.75, 3.05) is 16.8 Å². The maximum absolute atomic E-state index is 12.2. The Morgan fingerprint density at radius 1 is 1.14 bits per heavy atom. The van der Waals surface area contributed by atoms with Gasteiger partial charge in [0.2, 0.25) is 23.5 Å². The molecular formula is C21H19ClN4O3. The number of aromatic nitrogens is 2. The number of nitrogens with zero attached hydrogens (tertiary/aromatic N) is 3. The fourth-order valence-corrected chi connectivity index (χ4v) is 3.29. The number of carbonyl (C=O) groups is 2. The fraction of sp³-hybridized carbons (Fsp3) is 0.238. The third-order valence-corrected chi connectivity index (χ3v) is 4.92. The Labute approximate surface area is 172 Å². The molecule has 1 aliphatic rings. The predicted octanol–water partition coefficient (Wildman–Crippen LogP) is 4.09. The summed E-state index contributed by atoms with van der Waals surface area (Å²) in [6.07, 6.45) is 2.03. The molecule has 1 fully saturated rings. The third kappa shape index (κ3) is 4.63. The lowest BCUT2D eigenvalue weighted by molar-refractivity contribution is -0.117. The van der Waals surface area contributed by atoms with Gasteiger partial charge in [-0.25, -0.2) is 0 Å². The van der Waals surface area contributed by atoms with Crippen LogP contribution in [0.2, 0.25) is 5.02 Å². The molecule has 0 aliphatic carbocycles. The third-order valence-electron chi connectivity index (χ3n) is 4.67. The molecule has 0 unspecified atom stereocenters. The van der Waals surface area contributed by atoms with Crippen molar-refractivity contribution < 1.29 is 14.1 Å². The standard InChI is InChI=1S/C21H19ClN4O3/c22-15-5-3-14(4-6-15)21-24-19(29-25-21)12-11-18(27)23-16-7-9-17(10-8-16)26-13-1-2-20(26)28/h3-10H,1-2,11-13H2,(H,23,27). The summed E-state index contributed by atoms with van der Waals surface area (Å²) in [5.41, 5.74) is 2.33. The van der Waals surface area contributed by atoms with Crippen molar-refractivity contribution >= 4 is 34.8 Å². The maximum Gasteiger partial charge on any atom is 0.227 e. The number of halogens is 1. The van der Waals surface area contributed by atoms with Gasteiger partial charge in [0.25, 0.3) is 0 Å². The van der Waals surface area contributed by atoms with Gasteiger partial charge >= 0.3 is 0 Å². The Balaban J connectivity index is 1.30. The maximum atomic E-state index is 12.2. The van der Waals surface area contributed by atoms with Gasteiger partial charge in [0.05, 0.1) is 0 Å². The average molecular weight is 411 g/mol. The molecule has 0 bridgehead atoms. The van der Waals surface area contributed by atoms with Gasteiger partial charge in [-0.05, 0) is 55.0 Å². The minimum atomic E-state index is -0.152. The van der Waals surface area contributed by atoms with Gasteiger partial charge in [-0.3, -0.25) is 9.59 Å². The van der Waals surface area contributed by atoms with E-state index in [2.05, 4.69) is 15.5 Å². The van der Waals surface area contributed by atoms with Crippen LogP contribution in [-0.2, 0) is 16.0 Å². The number of hydrogen-bond acceptors (Lipinski definition) is 5. The summed E-state index contributed by atoms with van der Waals surface area (Å²) in [4.78, 5) is 30.1. The molecule has 1 N–H and O–H groups in total. The lowest BCUT2D eigenvalue weighted by atomic mass is 10.2. The van der Waals surface area contributed by atoms with Gasteiger partial charge in [0.1, 0.15) is 0 Å². The summed E-state index contributed by atoms with van der Waals surface area (Å²) in [6, 6.07) is 14.4. The Kier molecular flexibility index (Phi) is 5.57. The molecule has 0 radical (unpaired) electrons. The normalized spacial score (nSPS) is 13.7. The summed E-state index contributed by atoms with van der Waals surface area (Å²) in [7, 11) is 0. The molecule has 2 aromatic carbocycles. The fourth-order valence-electron chi connectivity index (χ4n) is 3.16. The number of carbonyl (C=O) groups excluding carboxylic acids is 2. The van der Waals surface area contributed by atoms with Crippen molar-refractivity contribution in [2.45, 2.75) is 25.7 Å².